The number of benzene rings is 1. The molecular weight excluding hydrogens is 335 g/mol. The van der Waals surface area contributed by atoms with Gasteiger partial charge in [0.2, 0.25) is 5.91 Å². The Labute approximate surface area is 148 Å². The topological polar surface area (TPSA) is 41.6 Å². The molecule has 6 heteroatoms. The van der Waals surface area contributed by atoms with Gasteiger partial charge < -0.3 is 15.0 Å². The number of amides is 1. The second-order valence-electron chi connectivity index (χ2n) is 6.13. The molecule has 1 N–H and O–H groups in total. The minimum absolute atomic E-state index is 0. The first-order valence-electron chi connectivity index (χ1n) is 8.06. The molecule has 0 aromatic heterocycles. The van der Waals surface area contributed by atoms with Crippen molar-refractivity contribution in [1.29, 1.82) is 0 Å². The van der Waals surface area contributed by atoms with E-state index in [2.05, 4.69) is 12.2 Å². The van der Waals surface area contributed by atoms with Crippen LogP contribution >= 0.6 is 24.0 Å². The Balaban J connectivity index is 0.00000192. The van der Waals surface area contributed by atoms with Crippen molar-refractivity contribution in [1.82, 2.24) is 10.2 Å². The van der Waals surface area contributed by atoms with Crippen LogP contribution < -0.4 is 5.32 Å². The van der Waals surface area contributed by atoms with Gasteiger partial charge in [0.1, 0.15) is 6.10 Å². The number of ether oxygens (including phenoxy) is 1. The molecule has 2 saturated heterocycles. The van der Waals surface area contributed by atoms with Crippen LogP contribution in [0.4, 0.5) is 0 Å². The van der Waals surface area contributed by atoms with Crippen molar-refractivity contribution < 1.29 is 9.53 Å². The summed E-state index contributed by atoms with van der Waals surface area (Å²) in [6.07, 6.45) is 2.79. The van der Waals surface area contributed by atoms with Crippen LogP contribution in [-0.2, 0) is 9.53 Å². The van der Waals surface area contributed by atoms with Crippen LogP contribution in [0.25, 0.3) is 0 Å². The van der Waals surface area contributed by atoms with Gasteiger partial charge in [-0.15, -0.1) is 12.4 Å². The van der Waals surface area contributed by atoms with E-state index in [0.717, 1.165) is 31.4 Å². The van der Waals surface area contributed by atoms with Gasteiger partial charge in [0.15, 0.2) is 0 Å². The molecule has 0 radical (unpaired) electrons. The zero-order valence-electron chi connectivity index (χ0n) is 13.4. The summed E-state index contributed by atoms with van der Waals surface area (Å²) in [6.45, 7) is 4.90. The van der Waals surface area contributed by atoms with Gasteiger partial charge in [-0.25, -0.2) is 0 Å². The van der Waals surface area contributed by atoms with E-state index in [4.69, 9.17) is 16.3 Å². The lowest BCUT2D eigenvalue weighted by Crippen LogP contribution is -2.57. The third kappa shape index (κ3) is 3.82. The second kappa shape index (κ2) is 7.84. The lowest BCUT2D eigenvalue weighted by atomic mass is 9.92. The highest BCUT2D eigenvalue weighted by molar-refractivity contribution is 6.30. The minimum Gasteiger partial charge on any atom is -0.370 e. The fraction of sp³-hybridized carbons (Fsp3) is 0.588. The third-order valence-corrected chi connectivity index (χ3v) is 5.10. The molecule has 2 heterocycles. The van der Waals surface area contributed by atoms with E-state index < -0.39 is 0 Å². The quantitative estimate of drug-likeness (QED) is 0.901. The molecule has 4 nitrogen and oxygen atoms in total. The van der Waals surface area contributed by atoms with Gasteiger partial charge in [-0.05, 0) is 43.5 Å². The average Bonchev–Trinajstić information content (AvgIpc) is 3.05. The summed E-state index contributed by atoms with van der Waals surface area (Å²) < 4.78 is 5.86. The molecule has 2 fully saturated rings. The predicted molar refractivity (Wildman–Crippen MR) is 94.2 cm³/mol. The highest BCUT2D eigenvalue weighted by atomic mass is 35.5. The highest BCUT2D eigenvalue weighted by Crippen LogP contribution is 2.29. The molecule has 3 rings (SSSR count). The summed E-state index contributed by atoms with van der Waals surface area (Å²) >= 11 is 5.94. The normalized spacial score (nSPS) is 27.6. The first kappa shape index (κ1) is 18.5. The Bertz CT molecular complexity index is 530. The Morgan fingerprint density at radius 3 is 2.78 bits per heavy atom. The molecule has 128 valence electrons. The third-order valence-electron chi connectivity index (χ3n) is 4.85. The molecule has 0 spiro atoms. The average molecular weight is 359 g/mol. The smallest absolute Gasteiger partial charge is 0.243 e. The van der Waals surface area contributed by atoms with Gasteiger partial charge in [-0.3, -0.25) is 4.79 Å². The van der Waals surface area contributed by atoms with E-state index in [-0.39, 0.29) is 30.0 Å². The predicted octanol–water partition coefficient (Wildman–Crippen LogP) is 3.19. The number of halogens is 2. The van der Waals surface area contributed by atoms with Crippen molar-refractivity contribution in [3.8, 4) is 0 Å². The Morgan fingerprint density at radius 2 is 2.17 bits per heavy atom. The number of hydrogen-bond acceptors (Lipinski definition) is 3. The maximum absolute atomic E-state index is 13.0. The monoisotopic (exact) mass is 358 g/mol. The summed E-state index contributed by atoms with van der Waals surface area (Å²) in [5.41, 5.74) is 0.717. The van der Waals surface area contributed by atoms with E-state index in [1.165, 1.54) is 0 Å². The largest absolute Gasteiger partial charge is 0.370 e. The number of nitrogens with one attached hydrogen (secondary N) is 1. The van der Waals surface area contributed by atoms with Crippen molar-refractivity contribution >= 4 is 29.9 Å². The summed E-state index contributed by atoms with van der Waals surface area (Å²) in [5, 5.41) is 4.14. The molecule has 0 bridgehead atoms. The van der Waals surface area contributed by atoms with Crippen molar-refractivity contribution in [3.63, 3.8) is 0 Å². The first-order chi connectivity index (χ1) is 10.6. The fourth-order valence-electron chi connectivity index (χ4n) is 3.46. The van der Waals surface area contributed by atoms with Crippen LogP contribution in [0.1, 0.15) is 37.9 Å². The minimum atomic E-state index is -0.359. The van der Waals surface area contributed by atoms with Gasteiger partial charge in [0.05, 0.1) is 18.7 Å². The van der Waals surface area contributed by atoms with Crippen LogP contribution in [0, 0.1) is 0 Å². The van der Waals surface area contributed by atoms with E-state index in [9.17, 15) is 4.79 Å². The maximum atomic E-state index is 13.0. The maximum Gasteiger partial charge on any atom is 0.243 e. The molecular formula is C17H24Cl2N2O2. The Hall–Kier alpha value is -0.810. The van der Waals surface area contributed by atoms with E-state index in [1.54, 1.807) is 0 Å². The van der Waals surface area contributed by atoms with Gasteiger partial charge in [0.25, 0.3) is 0 Å². The molecule has 2 aliphatic rings. The standard InChI is InChI=1S/C17H23ClN2O2.ClH/c1-2-17(8-3-9-19-17)16(21)20-10-11-22-15(12-20)13-4-6-14(18)7-5-13;/h4-7,15,19H,2-3,8-12H2,1H3;1H. The van der Waals surface area contributed by atoms with Crippen molar-refractivity contribution in [2.75, 3.05) is 26.2 Å². The Morgan fingerprint density at radius 1 is 1.43 bits per heavy atom. The van der Waals surface area contributed by atoms with Crippen LogP contribution in [0.3, 0.4) is 0 Å². The zero-order valence-corrected chi connectivity index (χ0v) is 15.0. The number of nitrogens with zero attached hydrogens (tertiary/aromatic N) is 1. The number of carbonyl (C=O) groups excluding carboxylic acids is 1. The van der Waals surface area contributed by atoms with Gasteiger partial charge in [-0.2, -0.15) is 0 Å². The summed E-state index contributed by atoms with van der Waals surface area (Å²) in [6, 6.07) is 7.69. The SMILES string of the molecule is CCC1(C(=O)N2CCOC(c3ccc(Cl)cc3)C2)CCCN1.Cl. The van der Waals surface area contributed by atoms with Crippen molar-refractivity contribution in [3.05, 3.63) is 34.9 Å². The molecule has 0 aliphatic carbocycles. The van der Waals surface area contributed by atoms with Crippen molar-refractivity contribution in [2.24, 2.45) is 0 Å². The van der Waals surface area contributed by atoms with Gasteiger partial charge >= 0.3 is 0 Å². The molecule has 2 unspecified atom stereocenters. The van der Waals surface area contributed by atoms with E-state index >= 15 is 0 Å². The highest BCUT2D eigenvalue weighted by Gasteiger charge is 2.42. The number of morpholine rings is 1. The van der Waals surface area contributed by atoms with Crippen LogP contribution in [0.2, 0.25) is 5.02 Å². The van der Waals surface area contributed by atoms with Crippen molar-refractivity contribution in [2.45, 2.75) is 37.8 Å². The number of carbonyl (C=O) groups is 1. The van der Waals surface area contributed by atoms with Gasteiger partial charge in [0, 0.05) is 11.6 Å². The second-order valence-corrected chi connectivity index (χ2v) is 6.56. The fourth-order valence-corrected chi connectivity index (χ4v) is 3.58. The molecule has 23 heavy (non-hydrogen) atoms. The lowest BCUT2D eigenvalue weighted by Gasteiger charge is -2.39. The molecule has 1 aromatic rings. The summed E-state index contributed by atoms with van der Waals surface area (Å²) in [4.78, 5) is 14.9. The lowest BCUT2D eigenvalue weighted by molar-refractivity contribution is -0.145. The molecule has 1 amide bonds. The zero-order chi connectivity index (χ0) is 15.6. The summed E-state index contributed by atoms with van der Waals surface area (Å²) in [7, 11) is 0. The van der Waals surface area contributed by atoms with Gasteiger partial charge in [-0.1, -0.05) is 30.7 Å². The van der Waals surface area contributed by atoms with Crippen LogP contribution in [0.15, 0.2) is 24.3 Å². The summed E-state index contributed by atoms with van der Waals surface area (Å²) in [5.74, 6) is 0.231. The molecule has 1 aromatic carbocycles. The van der Waals surface area contributed by atoms with Crippen LogP contribution in [0.5, 0.6) is 0 Å². The Kier molecular flexibility index (Phi) is 6.32. The van der Waals surface area contributed by atoms with E-state index in [0.29, 0.717) is 24.7 Å². The molecule has 2 atom stereocenters. The molecule has 2 aliphatic heterocycles. The van der Waals surface area contributed by atoms with Crippen LogP contribution in [-0.4, -0.2) is 42.6 Å². The first-order valence-corrected chi connectivity index (χ1v) is 8.44. The number of rotatable bonds is 3. The van der Waals surface area contributed by atoms with E-state index in [1.807, 2.05) is 29.2 Å². The number of hydrogen-bond donors (Lipinski definition) is 1. The molecule has 0 saturated carbocycles.